The van der Waals surface area contributed by atoms with Crippen molar-refractivity contribution in [1.82, 2.24) is 15.0 Å². The SMILES string of the molecule is CC(=O)[C@@H]1C[C@H](Oc2ncc(Br)cc2C2(F)CCS(=O)(=O)CC2)CN1c1nc(C(F)F)nc2c1oc1ccccc12. The van der Waals surface area contributed by atoms with Crippen LogP contribution >= 0.6 is 15.9 Å². The lowest BCUT2D eigenvalue weighted by atomic mass is 9.90. The minimum absolute atomic E-state index is 0.0195. The molecule has 2 saturated heterocycles. The Bertz CT molecular complexity index is 1770. The average molecular weight is 653 g/mol. The van der Waals surface area contributed by atoms with Crippen LogP contribution in [0.1, 0.15) is 44.0 Å². The Morgan fingerprint density at radius 3 is 2.66 bits per heavy atom. The first-order valence-electron chi connectivity index (χ1n) is 12.9. The van der Waals surface area contributed by atoms with Crippen molar-refractivity contribution in [3.05, 3.63) is 52.4 Å². The van der Waals surface area contributed by atoms with Crippen LogP contribution in [0.4, 0.5) is 19.0 Å². The van der Waals surface area contributed by atoms with Crippen molar-refractivity contribution in [3.8, 4) is 5.88 Å². The number of benzene rings is 1. The number of rotatable bonds is 6. The van der Waals surface area contributed by atoms with Gasteiger partial charge in [0.25, 0.3) is 6.43 Å². The molecule has 3 aromatic heterocycles. The number of fused-ring (bicyclic) bond motifs is 3. The molecule has 0 spiro atoms. The molecule has 2 atom stereocenters. The lowest BCUT2D eigenvalue weighted by Crippen LogP contribution is -2.36. The highest BCUT2D eigenvalue weighted by Crippen LogP contribution is 2.44. The second kappa shape index (κ2) is 10.2. The van der Waals surface area contributed by atoms with E-state index < -0.39 is 39.9 Å². The van der Waals surface area contributed by atoms with Gasteiger partial charge in [-0.1, -0.05) is 12.1 Å². The molecule has 4 aromatic rings. The van der Waals surface area contributed by atoms with E-state index in [1.807, 2.05) is 0 Å². The van der Waals surface area contributed by atoms with Crippen molar-refractivity contribution in [3.63, 3.8) is 0 Å². The first-order chi connectivity index (χ1) is 19.4. The molecule has 216 valence electrons. The van der Waals surface area contributed by atoms with Crippen molar-refractivity contribution >= 4 is 59.4 Å². The van der Waals surface area contributed by atoms with Crippen LogP contribution in [0.5, 0.6) is 5.88 Å². The molecule has 14 heteroatoms. The molecule has 2 fully saturated rings. The summed E-state index contributed by atoms with van der Waals surface area (Å²) in [6.45, 7) is 1.42. The number of hydrogen-bond acceptors (Lipinski definition) is 9. The number of hydrogen-bond donors (Lipinski definition) is 0. The fraction of sp³-hybridized carbons (Fsp3) is 0.407. The summed E-state index contributed by atoms with van der Waals surface area (Å²) in [5, 5.41) is 0.533. The van der Waals surface area contributed by atoms with E-state index in [0.717, 1.165) is 0 Å². The van der Waals surface area contributed by atoms with Crippen LogP contribution in [0.3, 0.4) is 0 Å². The molecule has 0 unspecified atom stereocenters. The van der Waals surface area contributed by atoms with Crippen molar-refractivity contribution in [2.45, 2.75) is 50.4 Å². The number of Topliss-reactive ketones (excluding diaryl/α,β-unsaturated/α-hetero) is 1. The number of halogens is 4. The lowest BCUT2D eigenvalue weighted by Gasteiger charge is -2.31. The van der Waals surface area contributed by atoms with E-state index in [9.17, 15) is 22.0 Å². The number of nitrogens with zero attached hydrogens (tertiary/aromatic N) is 4. The molecule has 5 heterocycles. The smallest absolute Gasteiger partial charge is 0.297 e. The summed E-state index contributed by atoms with van der Waals surface area (Å²) in [5.41, 5.74) is -1.06. The topological polar surface area (TPSA) is 115 Å². The first kappa shape index (κ1) is 27.9. The molecule has 0 bridgehead atoms. The maximum Gasteiger partial charge on any atom is 0.297 e. The van der Waals surface area contributed by atoms with Crippen molar-refractivity contribution < 1.29 is 35.5 Å². The predicted molar refractivity (Wildman–Crippen MR) is 148 cm³/mol. The Morgan fingerprint density at radius 2 is 1.95 bits per heavy atom. The van der Waals surface area contributed by atoms with Gasteiger partial charge < -0.3 is 14.1 Å². The molecule has 0 amide bonds. The Hall–Kier alpha value is -3.26. The Morgan fingerprint density at radius 1 is 1.22 bits per heavy atom. The van der Waals surface area contributed by atoms with Gasteiger partial charge in [-0.15, -0.1) is 0 Å². The highest BCUT2D eigenvalue weighted by Gasteiger charge is 2.44. The zero-order valence-corrected chi connectivity index (χ0v) is 24.1. The number of sulfone groups is 1. The van der Waals surface area contributed by atoms with Gasteiger partial charge in [0, 0.05) is 22.5 Å². The van der Waals surface area contributed by atoms with Gasteiger partial charge in [-0.25, -0.2) is 36.5 Å². The van der Waals surface area contributed by atoms with Crippen molar-refractivity contribution in [1.29, 1.82) is 0 Å². The summed E-state index contributed by atoms with van der Waals surface area (Å²) in [6.07, 6.45) is -2.55. The molecule has 6 rings (SSSR count). The second-order valence-electron chi connectivity index (χ2n) is 10.4. The fourth-order valence-electron chi connectivity index (χ4n) is 5.52. The number of pyridine rings is 1. The van der Waals surface area contributed by atoms with Crippen LogP contribution in [0, 0.1) is 0 Å². The number of carbonyl (C=O) groups is 1. The normalized spacial score (nSPS) is 22.0. The summed E-state index contributed by atoms with van der Waals surface area (Å²) in [6, 6.07) is 7.59. The standard InChI is InChI=1S/C27H24BrF3N4O5S/c1-14(36)19-11-16(39-26-18(10-15(28)12-32-26)27(31)6-8-41(37,38)9-7-27)13-35(19)25-22-21(33-24(34-25)23(29)30)17-4-2-3-5-20(17)40-22/h2-5,10,12,16,19,23H,6-9,11,13H2,1H3/t16-,19-/m0/s1. The highest BCUT2D eigenvalue weighted by atomic mass is 79.9. The Balaban J connectivity index is 1.37. The minimum Gasteiger partial charge on any atom is -0.472 e. The number of ketones is 1. The van der Waals surface area contributed by atoms with Gasteiger partial charge in [-0.3, -0.25) is 4.79 Å². The van der Waals surface area contributed by atoms with Crippen LogP contribution in [0.25, 0.3) is 22.1 Å². The van der Waals surface area contributed by atoms with Gasteiger partial charge in [-0.05, 0) is 53.9 Å². The summed E-state index contributed by atoms with van der Waals surface area (Å²) in [7, 11) is -3.33. The molecule has 0 aliphatic carbocycles. The average Bonchev–Trinajstić information content (AvgIpc) is 3.53. The molecule has 0 radical (unpaired) electrons. The van der Waals surface area contributed by atoms with E-state index in [1.165, 1.54) is 19.2 Å². The molecular formula is C27H24BrF3N4O5S. The van der Waals surface area contributed by atoms with Crippen LogP contribution in [-0.4, -0.2) is 59.3 Å². The summed E-state index contributed by atoms with van der Waals surface area (Å²) >= 11 is 3.31. The number of carbonyl (C=O) groups excluding carboxylic acids is 1. The lowest BCUT2D eigenvalue weighted by molar-refractivity contribution is -0.118. The van der Waals surface area contributed by atoms with Crippen LogP contribution < -0.4 is 9.64 Å². The largest absolute Gasteiger partial charge is 0.472 e. The number of aromatic nitrogens is 3. The Kier molecular flexibility index (Phi) is 6.96. The first-order valence-corrected chi connectivity index (χ1v) is 15.5. The summed E-state index contributed by atoms with van der Waals surface area (Å²) in [5.74, 6) is -1.53. The predicted octanol–water partition coefficient (Wildman–Crippen LogP) is 5.46. The molecule has 1 aromatic carbocycles. The maximum atomic E-state index is 16.1. The fourth-order valence-corrected chi connectivity index (χ4v) is 7.32. The molecule has 2 aliphatic rings. The van der Waals surface area contributed by atoms with Gasteiger partial charge >= 0.3 is 0 Å². The van der Waals surface area contributed by atoms with Crippen LogP contribution in [0.2, 0.25) is 0 Å². The maximum absolute atomic E-state index is 16.1. The van der Waals surface area contributed by atoms with Gasteiger partial charge in [0.2, 0.25) is 5.88 Å². The van der Waals surface area contributed by atoms with E-state index in [0.29, 0.717) is 15.4 Å². The zero-order valence-electron chi connectivity index (χ0n) is 21.7. The molecule has 2 aliphatic heterocycles. The third-order valence-electron chi connectivity index (χ3n) is 7.62. The molecule has 41 heavy (non-hydrogen) atoms. The Labute approximate surface area is 241 Å². The van der Waals surface area contributed by atoms with Gasteiger partial charge in [0.15, 0.2) is 32.8 Å². The number of ether oxygens (including phenoxy) is 1. The third-order valence-corrected chi connectivity index (χ3v) is 9.70. The van der Waals surface area contributed by atoms with Crippen molar-refractivity contribution in [2.75, 3.05) is 23.0 Å². The summed E-state index contributed by atoms with van der Waals surface area (Å²) in [4.78, 5) is 26.8. The number of para-hydroxylation sites is 1. The number of alkyl halides is 3. The van der Waals surface area contributed by atoms with Gasteiger partial charge in [-0.2, -0.15) is 0 Å². The third kappa shape index (κ3) is 5.16. The quantitative estimate of drug-likeness (QED) is 0.268. The number of furan rings is 1. The molecule has 0 N–H and O–H groups in total. The van der Waals surface area contributed by atoms with E-state index >= 15 is 4.39 Å². The highest BCUT2D eigenvalue weighted by molar-refractivity contribution is 9.10. The molecule has 0 saturated carbocycles. The molecule has 9 nitrogen and oxygen atoms in total. The zero-order chi connectivity index (χ0) is 29.1. The van der Waals surface area contributed by atoms with E-state index in [1.54, 1.807) is 29.2 Å². The van der Waals surface area contributed by atoms with Gasteiger partial charge in [0.1, 0.15) is 22.9 Å². The van der Waals surface area contributed by atoms with Crippen molar-refractivity contribution in [2.24, 2.45) is 0 Å². The van der Waals surface area contributed by atoms with Crippen LogP contribution in [0.15, 0.2) is 45.4 Å². The van der Waals surface area contributed by atoms with E-state index in [4.69, 9.17) is 9.15 Å². The van der Waals surface area contributed by atoms with E-state index in [2.05, 4.69) is 30.9 Å². The van der Waals surface area contributed by atoms with Gasteiger partial charge in [0.05, 0.1) is 29.7 Å². The summed E-state index contributed by atoms with van der Waals surface area (Å²) < 4.78 is 80.5. The monoisotopic (exact) mass is 652 g/mol. The number of anilines is 1. The molecular weight excluding hydrogens is 629 g/mol. The second-order valence-corrected chi connectivity index (χ2v) is 13.6. The minimum atomic E-state index is -3.33. The van der Waals surface area contributed by atoms with Crippen LogP contribution in [-0.2, 0) is 20.3 Å². The van der Waals surface area contributed by atoms with E-state index in [-0.39, 0.29) is 71.5 Å².